The van der Waals surface area contributed by atoms with Gasteiger partial charge in [0.15, 0.2) is 0 Å². The molecule has 0 spiro atoms. The van der Waals surface area contributed by atoms with Crippen molar-refractivity contribution in [1.82, 2.24) is 14.7 Å². The van der Waals surface area contributed by atoms with Crippen molar-refractivity contribution in [2.75, 3.05) is 59.2 Å². The minimum Gasteiger partial charge on any atom is -0.382 e. The molecule has 0 aromatic heterocycles. The van der Waals surface area contributed by atoms with Crippen LogP contribution in [0.2, 0.25) is 0 Å². The zero-order valence-corrected chi connectivity index (χ0v) is 25.8. The third-order valence-electron chi connectivity index (χ3n) is 8.17. The predicted octanol–water partition coefficient (Wildman–Crippen LogP) is 7.22. The fraction of sp³-hybridized carbons (Fsp3) is 0.351. The van der Waals surface area contributed by atoms with Crippen molar-refractivity contribution in [2.45, 2.75) is 30.3 Å². The van der Waals surface area contributed by atoms with Crippen LogP contribution < -0.4 is 5.32 Å². The lowest BCUT2D eigenvalue weighted by molar-refractivity contribution is -0.0620. The molecular formula is C37H44F2N4. The van der Waals surface area contributed by atoms with E-state index >= 15 is 8.78 Å². The molecular weight excluding hydrogens is 538 g/mol. The van der Waals surface area contributed by atoms with Crippen molar-refractivity contribution in [3.05, 3.63) is 138 Å². The highest BCUT2D eigenvalue weighted by molar-refractivity contribution is 5.49. The Morgan fingerprint density at radius 2 is 1.28 bits per heavy atom. The predicted molar refractivity (Wildman–Crippen MR) is 174 cm³/mol. The Balaban J connectivity index is 1.29. The summed E-state index contributed by atoms with van der Waals surface area (Å²) in [4.78, 5) is 6.20. The summed E-state index contributed by atoms with van der Waals surface area (Å²) >= 11 is 0. The maximum atomic E-state index is 16.2. The Labute approximate surface area is 256 Å². The van der Waals surface area contributed by atoms with E-state index in [2.05, 4.69) is 63.6 Å². The minimum atomic E-state index is -1.50. The van der Waals surface area contributed by atoms with E-state index in [1.54, 1.807) is 6.92 Å². The van der Waals surface area contributed by atoms with Gasteiger partial charge in [0.05, 0.1) is 12.1 Å². The molecule has 0 radical (unpaired) electrons. The van der Waals surface area contributed by atoms with E-state index in [4.69, 9.17) is 0 Å². The second-order valence-electron chi connectivity index (χ2n) is 12.6. The number of rotatable bonds is 13. The van der Waals surface area contributed by atoms with Gasteiger partial charge >= 0.3 is 0 Å². The number of nitrogens with zero attached hydrogens (tertiary/aromatic N) is 3. The Morgan fingerprint density at radius 1 is 0.767 bits per heavy atom. The molecule has 2 unspecified atom stereocenters. The molecule has 1 aliphatic heterocycles. The third kappa shape index (κ3) is 7.88. The van der Waals surface area contributed by atoms with E-state index in [0.717, 1.165) is 27.9 Å². The van der Waals surface area contributed by atoms with E-state index in [1.807, 2.05) is 92.8 Å². The van der Waals surface area contributed by atoms with Gasteiger partial charge in [-0.15, -0.1) is 0 Å². The van der Waals surface area contributed by atoms with Crippen LogP contribution in [0, 0.1) is 0 Å². The first-order valence-electron chi connectivity index (χ1n) is 15.1. The first kappa shape index (κ1) is 30.9. The molecule has 2 atom stereocenters. The van der Waals surface area contributed by atoms with Gasteiger partial charge in [-0.25, -0.2) is 8.78 Å². The van der Waals surface area contributed by atoms with Gasteiger partial charge in [0.25, 0.3) is 0 Å². The zero-order chi connectivity index (χ0) is 30.5. The number of anilines is 1. The summed E-state index contributed by atoms with van der Waals surface area (Å²) in [5.74, 6) is 0. The molecule has 0 saturated carbocycles. The topological polar surface area (TPSA) is 21.8 Å². The van der Waals surface area contributed by atoms with Crippen molar-refractivity contribution in [3.8, 4) is 0 Å². The SMILES string of the molecule is CN(C)CC1(F)CN(C(c2ccccc2)c2cccc(NCC(C)(F)CN(C)C(c3ccccc3)c3ccccc3)c2)C1. The molecule has 4 aromatic rings. The van der Waals surface area contributed by atoms with Crippen LogP contribution in [0.3, 0.4) is 0 Å². The van der Waals surface area contributed by atoms with E-state index in [1.165, 1.54) is 0 Å². The molecule has 4 nitrogen and oxygen atoms in total. The van der Waals surface area contributed by atoms with Crippen molar-refractivity contribution in [2.24, 2.45) is 0 Å². The molecule has 1 heterocycles. The van der Waals surface area contributed by atoms with Crippen LogP contribution in [0.5, 0.6) is 0 Å². The second kappa shape index (κ2) is 13.4. The van der Waals surface area contributed by atoms with Gasteiger partial charge in [-0.2, -0.15) is 0 Å². The summed E-state index contributed by atoms with van der Waals surface area (Å²) in [6.07, 6.45) is 0. The zero-order valence-electron chi connectivity index (χ0n) is 25.8. The molecule has 6 heteroatoms. The number of halogens is 2. The van der Waals surface area contributed by atoms with Gasteiger partial charge in [0, 0.05) is 38.4 Å². The molecule has 1 fully saturated rings. The van der Waals surface area contributed by atoms with E-state index in [-0.39, 0.29) is 25.2 Å². The molecule has 4 aromatic carbocycles. The maximum absolute atomic E-state index is 16.2. The average Bonchev–Trinajstić information content (AvgIpc) is 2.97. The molecule has 1 aliphatic rings. The van der Waals surface area contributed by atoms with Gasteiger partial charge in [0.2, 0.25) is 0 Å². The quantitative estimate of drug-likeness (QED) is 0.180. The fourth-order valence-corrected chi connectivity index (χ4v) is 6.52. The van der Waals surface area contributed by atoms with Crippen LogP contribution >= 0.6 is 0 Å². The first-order valence-corrected chi connectivity index (χ1v) is 15.1. The molecule has 1 saturated heterocycles. The standard InChI is InChI=1S/C37H44F2N4/c1-36(38,25-42(4)34(29-15-8-5-9-16-29)30-17-10-6-11-18-30)24-40-33-22-14-21-32(23-33)35(31-19-12-7-13-20-31)43-27-37(39,28-43)26-41(2)3/h5-23,34-35,40H,24-28H2,1-4H3. The van der Waals surface area contributed by atoms with Gasteiger partial charge < -0.3 is 10.2 Å². The van der Waals surface area contributed by atoms with E-state index in [0.29, 0.717) is 19.6 Å². The summed E-state index contributed by atoms with van der Waals surface area (Å²) in [6, 6.07) is 38.8. The van der Waals surface area contributed by atoms with Crippen molar-refractivity contribution in [1.29, 1.82) is 0 Å². The van der Waals surface area contributed by atoms with Crippen molar-refractivity contribution in [3.63, 3.8) is 0 Å². The molecule has 5 rings (SSSR count). The van der Waals surface area contributed by atoms with E-state index < -0.39 is 11.3 Å². The maximum Gasteiger partial charge on any atom is 0.148 e. The van der Waals surface area contributed by atoms with Crippen molar-refractivity contribution >= 4 is 5.69 Å². The normalized spacial score (nSPS) is 17.0. The molecule has 1 N–H and O–H groups in total. The lowest BCUT2D eigenvalue weighted by atomic mass is 9.88. The lowest BCUT2D eigenvalue weighted by Crippen LogP contribution is -2.63. The van der Waals surface area contributed by atoms with Gasteiger partial charge in [-0.1, -0.05) is 103 Å². The fourth-order valence-electron chi connectivity index (χ4n) is 6.52. The summed E-state index contributed by atoms with van der Waals surface area (Å²) < 4.78 is 31.5. The van der Waals surface area contributed by atoms with Crippen LogP contribution in [-0.2, 0) is 0 Å². The highest BCUT2D eigenvalue weighted by atomic mass is 19.1. The van der Waals surface area contributed by atoms with Crippen molar-refractivity contribution < 1.29 is 8.78 Å². The van der Waals surface area contributed by atoms with Crippen LogP contribution in [-0.4, -0.2) is 79.9 Å². The number of nitrogens with one attached hydrogen (secondary N) is 1. The summed E-state index contributed by atoms with van der Waals surface area (Å²) in [5, 5.41) is 3.37. The molecule has 0 amide bonds. The highest BCUT2D eigenvalue weighted by Gasteiger charge is 2.47. The molecule has 0 bridgehead atoms. The smallest absolute Gasteiger partial charge is 0.148 e. The Morgan fingerprint density at radius 3 is 1.81 bits per heavy atom. The largest absolute Gasteiger partial charge is 0.382 e. The van der Waals surface area contributed by atoms with E-state index in [9.17, 15) is 0 Å². The van der Waals surface area contributed by atoms with Gasteiger partial charge in [-0.3, -0.25) is 9.80 Å². The Kier molecular flexibility index (Phi) is 9.60. The van der Waals surface area contributed by atoms with Gasteiger partial charge in [0.1, 0.15) is 11.3 Å². The minimum absolute atomic E-state index is 0.0564. The summed E-state index contributed by atoms with van der Waals surface area (Å²) in [6.45, 7) is 3.23. The number of hydrogen-bond donors (Lipinski definition) is 1. The van der Waals surface area contributed by atoms with Gasteiger partial charge in [-0.05, 0) is 62.5 Å². The second-order valence-corrected chi connectivity index (χ2v) is 12.6. The third-order valence-corrected chi connectivity index (χ3v) is 8.17. The monoisotopic (exact) mass is 582 g/mol. The molecule has 226 valence electrons. The summed E-state index contributed by atoms with van der Waals surface area (Å²) in [7, 11) is 5.81. The summed E-state index contributed by atoms with van der Waals surface area (Å²) in [5.41, 5.74) is 2.59. The number of benzene rings is 4. The van der Waals surface area contributed by atoms with Crippen LogP contribution in [0.1, 0.15) is 41.3 Å². The van der Waals surface area contributed by atoms with Crippen LogP contribution in [0.4, 0.5) is 14.5 Å². The first-order chi connectivity index (χ1) is 20.6. The van der Waals surface area contributed by atoms with Crippen LogP contribution in [0.25, 0.3) is 0 Å². The number of alkyl halides is 2. The number of hydrogen-bond acceptors (Lipinski definition) is 4. The average molecular weight is 583 g/mol. The Hall–Kier alpha value is -3.58. The lowest BCUT2D eigenvalue weighted by Gasteiger charge is -2.49. The van der Waals surface area contributed by atoms with Crippen LogP contribution in [0.15, 0.2) is 115 Å². The highest BCUT2D eigenvalue weighted by Crippen LogP contribution is 2.39. The Bertz CT molecular complexity index is 1380. The number of likely N-dealkylation sites (tertiary alicyclic amines) is 1. The molecule has 0 aliphatic carbocycles. The molecule has 43 heavy (non-hydrogen) atoms.